The van der Waals surface area contributed by atoms with Crippen molar-refractivity contribution in [1.82, 2.24) is 4.72 Å². The van der Waals surface area contributed by atoms with Gasteiger partial charge in [0.25, 0.3) is 0 Å². The monoisotopic (exact) mass is 284 g/mol. The smallest absolute Gasteiger partial charge is 0.241 e. The van der Waals surface area contributed by atoms with Gasteiger partial charge in [-0.1, -0.05) is 13.8 Å². The molecule has 0 bridgehead atoms. The molecule has 0 heterocycles. The van der Waals surface area contributed by atoms with Gasteiger partial charge >= 0.3 is 0 Å². The number of hydrogen-bond acceptors (Lipinski definition) is 3. The standard InChI is InChI=1S/C14H24N2O2S/c1-5-7-15-13-9-11(3)14(12(4)10-13)19(17,18)16-8-6-2/h9-10,15-16H,5-8H2,1-4H3. The van der Waals surface area contributed by atoms with Gasteiger partial charge in [-0.2, -0.15) is 0 Å². The van der Waals surface area contributed by atoms with Gasteiger partial charge in [0.1, 0.15) is 0 Å². The molecule has 4 nitrogen and oxygen atoms in total. The molecule has 0 aliphatic carbocycles. The minimum absolute atomic E-state index is 0.406. The minimum Gasteiger partial charge on any atom is -0.385 e. The fraction of sp³-hybridized carbons (Fsp3) is 0.571. The van der Waals surface area contributed by atoms with Gasteiger partial charge in [-0.3, -0.25) is 0 Å². The van der Waals surface area contributed by atoms with E-state index >= 15 is 0 Å². The number of anilines is 1. The Morgan fingerprint density at radius 1 is 1.00 bits per heavy atom. The van der Waals surface area contributed by atoms with Gasteiger partial charge in [-0.05, 0) is 49.9 Å². The molecule has 0 amide bonds. The van der Waals surface area contributed by atoms with Gasteiger partial charge in [0.05, 0.1) is 4.90 Å². The lowest BCUT2D eigenvalue weighted by Crippen LogP contribution is -2.26. The fourth-order valence-electron chi connectivity index (χ4n) is 2.05. The summed E-state index contributed by atoms with van der Waals surface area (Å²) in [5.41, 5.74) is 2.54. The summed E-state index contributed by atoms with van der Waals surface area (Å²) in [5, 5.41) is 3.28. The SMILES string of the molecule is CCCNc1cc(C)c(S(=O)(=O)NCCC)c(C)c1. The first-order valence-corrected chi connectivity index (χ1v) is 8.25. The second-order valence-electron chi connectivity index (χ2n) is 4.76. The van der Waals surface area contributed by atoms with Crippen LogP contribution in [0.15, 0.2) is 17.0 Å². The molecule has 0 atom stereocenters. The lowest BCUT2D eigenvalue weighted by Gasteiger charge is -2.14. The van der Waals surface area contributed by atoms with Gasteiger partial charge in [-0.15, -0.1) is 0 Å². The van der Waals surface area contributed by atoms with Crippen molar-refractivity contribution in [1.29, 1.82) is 0 Å². The molecule has 108 valence electrons. The van der Waals surface area contributed by atoms with E-state index in [1.165, 1.54) is 0 Å². The van der Waals surface area contributed by atoms with Gasteiger partial charge in [0.15, 0.2) is 0 Å². The summed E-state index contributed by atoms with van der Waals surface area (Å²) in [6.07, 6.45) is 1.82. The molecule has 0 fully saturated rings. The molecular formula is C14H24N2O2S. The first-order valence-electron chi connectivity index (χ1n) is 6.77. The molecule has 0 aromatic heterocycles. The van der Waals surface area contributed by atoms with E-state index in [0.29, 0.717) is 11.4 Å². The molecule has 0 spiro atoms. The number of aryl methyl sites for hydroxylation is 2. The van der Waals surface area contributed by atoms with Crippen molar-refractivity contribution < 1.29 is 8.42 Å². The minimum atomic E-state index is -3.40. The van der Waals surface area contributed by atoms with Crippen LogP contribution in [-0.2, 0) is 10.0 Å². The average molecular weight is 284 g/mol. The highest BCUT2D eigenvalue weighted by Gasteiger charge is 2.19. The molecule has 0 radical (unpaired) electrons. The van der Waals surface area contributed by atoms with Crippen LogP contribution in [0.4, 0.5) is 5.69 Å². The van der Waals surface area contributed by atoms with E-state index in [1.807, 2.05) is 32.9 Å². The Labute approximate surface area is 116 Å². The molecule has 2 N–H and O–H groups in total. The first-order chi connectivity index (χ1) is 8.92. The quantitative estimate of drug-likeness (QED) is 0.809. The fourth-order valence-corrected chi connectivity index (χ4v) is 3.64. The van der Waals surface area contributed by atoms with Crippen molar-refractivity contribution in [3.8, 4) is 0 Å². The zero-order valence-corrected chi connectivity index (χ0v) is 13.0. The molecule has 1 rings (SSSR count). The molecule has 0 unspecified atom stereocenters. The van der Waals surface area contributed by atoms with Crippen molar-refractivity contribution >= 4 is 15.7 Å². The summed E-state index contributed by atoms with van der Waals surface area (Å²) >= 11 is 0. The maximum atomic E-state index is 12.2. The molecule has 5 heteroatoms. The lowest BCUT2D eigenvalue weighted by molar-refractivity contribution is 0.579. The molecule has 1 aromatic carbocycles. The predicted octanol–water partition coefficient (Wildman–Crippen LogP) is 2.81. The summed E-state index contributed by atoms with van der Waals surface area (Å²) in [6.45, 7) is 9.07. The third-order valence-corrected chi connectivity index (χ3v) is 4.62. The topological polar surface area (TPSA) is 58.2 Å². The van der Waals surface area contributed by atoms with E-state index in [-0.39, 0.29) is 0 Å². The van der Waals surface area contributed by atoms with Crippen LogP contribution in [0.3, 0.4) is 0 Å². The average Bonchev–Trinajstić information content (AvgIpc) is 2.32. The van der Waals surface area contributed by atoms with E-state index < -0.39 is 10.0 Å². The summed E-state index contributed by atoms with van der Waals surface area (Å²) in [5.74, 6) is 0. The molecule has 0 aliphatic rings. The largest absolute Gasteiger partial charge is 0.385 e. The van der Waals surface area contributed by atoms with E-state index in [4.69, 9.17) is 0 Å². The van der Waals surface area contributed by atoms with Crippen LogP contribution < -0.4 is 10.0 Å². The van der Waals surface area contributed by atoms with E-state index in [9.17, 15) is 8.42 Å². The Kier molecular flexibility index (Phi) is 5.82. The van der Waals surface area contributed by atoms with Crippen molar-refractivity contribution in [3.63, 3.8) is 0 Å². The van der Waals surface area contributed by atoms with Gasteiger partial charge < -0.3 is 5.32 Å². The number of benzene rings is 1. The van der Waals surface area contributed by atoms with Crippen LogP contribution >= 0.6 is 0 Å². The zero-order chi connectivity index (χ0) is 14.5. The van der Waals surface area contributed by atoms with Crippen LogP contribution in [0.5, 0.6) is 0 Å². The summed E-state index contributed by atoms with van der Waals surface area (Å²) < 4.78 is 27.1. The maximum Gasteiger partial charge on any atom is 0.241 e. The third kappa shape index (κ3) is 4.21. The second-order valence-corrected chi connectivity index (χ2v) is 6.47. The van der Waals surface area contributed by atoms with Crippen LogP contribution in [0, 0.1) is 13.8 Å². The van der Waals surface area contributed by atoms with Crippen LogP contribution in [0.25, 0.3) is 0 Å². The van der Waals surface area contributed by atoms with Gasteiger partial charge in [-0.25, -0.2) is 13.1 Å². The Hall–Kier alpha value is -1.07. The van der Waals surface area contributed by atoms with E-state index in [1.54, 1.807) is 0 Å². The summed E-state index contributed by atoms with van der Waals surface area (Å²) in [4.78, 5) is 0.406. The normalized spacial score (nSPS) is 11.6. The molecule has 19 heavy (non-hydrogen) atoms. The van der Waals surface area contributed by atoms with Crippen LogP contribution in [0.1, 0.15) is 37.8 Å². The lowest BCUT2D eigenvalue weighted by atomic mass is 10.1. The highest BCUT2D eigenvalue weighted by atomic mass is 32.2. The van der Waals surface area contributed by atoms with Crippen molar-refractivity contribution in [3.05, 3.63) is 23.3 Å². The number of rotatable bonds is 7. The first kappa shape index (κ1) is 16.0. The molecule has 0 saturated carbocycles. The second kappa shape index (κ2) is 6.91. The van der Waals surface area contributed by atoms with E-state index in [0.717, 1.165) is 36.2 Å². The Morgan fingerprint density at radius 3 is 2.00 bits per heavy atom. The summed E-state index contributed by atoms with van der Waals surface area (Å²) in [7, 11) is -3.40. The highest BCUT2D eigenvalue weighted by molar-refractivity contribution is 7.89. The van der Waals surface area contributed by atoms with E-state index in [2.05, 4.69) is 17.0 Å². The maximum absolute atomic E-state index is 12.2. The Morgan fingerprint density at radius 2 is 1.53 bits per heavy atom. The molecule has 1 aromatic rings. The number of nitrogens with one attached hydrogen (secondary N) is 2. The number of sulfonamides is 1. The number of hydrogen-bond donors (Lipinski definition) is 2. The van der Waals surface area contributed by atoms with Crippen LogP contribution in [0.2, 0.25) is 0 Å². The molecule has 0 aliphatic heterocycles. The molecular weight excluding hydrogens is 260 g/mol. The van der Waals surface area contributed by atoms with Crippen LogP contribution in [-0.4, -0.2) is 21.5 Å². The zero-order valence-electron chi connectivity index (χ0n) is 12.2. The Bertz CT molecular complexity index is 501. The molecule has 0 saturated heterocycles. The van der Waals surface area contributed by atoms with Gasteiger partial charge in [0, 0.05) is 18.8 Å². The van der Waals surface area contributed by atoms with Gasteiger partial charge in [0.2, 0.25) is 10.0 Å². The van der Waals surface area contributed by atoms with Crippen molar-refractivity contribution in [2.45, 2.75) is 45.4 Å². The third-order valence-electron chi connectivity index (χ3n) is 2.85. The highest BCUT2D eigenvalue weighted by Crippen LogP contribution is 2.24. The van der Waals surface area contributed by atoms with Crippen molar-refractivity contribution in [2.24, 2.45) is 0 Å². The van der Waals surface area contributed by atoms with Crippen molar-refractivity contribution in [2.75, 3.05) is 18.4 Å². The predicted molar refractivity (Wildman–Crippen MR) is 80.2 cm³/mol. The Balaban J connectivity index is 3.09. The summed E-state index contributed by atoms with van der Waals surface area (Å²) in [6, 6.07) is 3.78.